The van der Waals surface area contributed by atoms with Gasteiger partial charge in [0.1, 0.15) is 0 Å². The van der Waals surface area contributed by atoms with Gasteiger partial charge in [0.05, 0.1) is 17.2 Å². The Morgan fingerprint density at radius 2 is 1.67 bits per heavy atom. The Bertz CT molecular complexity index is 1080. The van der Waals surface area contributed by atoms with Crippen LogP contribution in [0.3, 0.4) is 0 Å². The molecular formula is C21H23N3O5S. The second kappa shape index (κ2) is 9.08. The number of hydrogen-bond acceptors (Lipinski definition) is 5. The summed E-state index contributed by atoms with van der Waals surface area (Å²) in [6.07, 6.45) is 2.71. The molecule has 3 amide bonds. The molecule has 1 aliphatic rings. The van der Waals surface area contributed by atoms with Gasteiger partial charge in [0, 0.05) is 17.7 Å². The summed E-state index contributed by atoms with van der Waals surface area (Å²) in [4.78, 5) is 34.9. The molecule has 30 heavy (non-hydrogen) atoms. The van der Waals surface area contributed by atoms with E-state index in [1.165, 1.54) is 29.8 Å². The summed E-state index contributed by atoms with van der Waals surface area (Å²) in [5.41, 5.74) is 7.97. The Kier molecular flexibility index (Phi) is 6.51. The van der Waals surface area contributed by atoms with E-state index in [1.807, 2.05) is 6.07 Å². The molecule has 4 N–H and O–H groups in total. The largest absolute Gasteiger partial charge is 0.368 e. The van der Waals surface area contributed by atoms with E-state index < -0.39 is 27.6 Å². The van der Waals surface area contributed by atoms with Gasteiger partial charge in [0.25, 0.3) is 5.91 Å². The van der Waals surface area contributed by atoms with Crippen molar-refractivity contribution in [3.8, 4) is 0 Å². The fourth-order valence-corrected chi connectivity index (χ4v) is 4.57. The highest BCUT2D eigenvalue weighted by Gasteiger charge is 2.20. The first-order valence-electron chi connectivity index (χ1n) is 9.55. The Morgan fingerprint density at radius 1 is 0.967 bits per heavy atom. The number of carbonyl (C=O) groups is 3. The molecule has 0 aliphatic heterocycles. The molecule has 158 valence electrons. The van der Waals surface area contributed by atoms with Crippen LogP contribution in [-0.4, -0.2) is 38.4 Å². The van der Waals surface area contributed by atoms with Crippen molar-refractivity contribution in [3.05, 3.63) is 59.2 Å². The molecule has 0 heterocycles. The summed E-state index contributed by atoms with van der Waals surface area (Å²) in [6, 6.07) is 11.2. The third kappa shape index (κ3) is 5.44. The van der Waals surface area contributed by atoms with Crippen LogP contribution in [0.4, 0.5) is 5.69 Å². The summed E-state index contributed by atoms with van der Waals surface area (Å²) < 4.78 is 25.1. The van der Waals surface area contributed by atoms with E-state index in [-0.39, 0.29) is 23.6 Å². The van der Waals surface area contributed by atoms with Crippen molar-refractivity contribution in [1.82, 2.24) is 5.32 Å². The molecule has 3 rings (SSSR count). The van der Waals surface area contributed by atoms with Crippen LogP contribution in [-0.2, 0) is 32.3 Å². The van der Waals surface area contributed by atoms with Gasteiger partial charge in [-0.2, -0.15) is 0 Å². The second-order valence-corrected chi connectivity index (χ2v) is 9.24. The van der Waals surface area contributed by atoms with Crippen molar-refractivity contribution < 1.29 is 22.8 Å². The number of anilines is 1. The smallest absolute Gasteiger partial charge is 0.251 e. The lowest BCUT2D eigenvalue weighted by molar-refractivity contribution is -0.117. The lowest BCUT2D eigenvalue weighted by Gasteiger charge is -2.09. The molecule has 0 spiro atoms. The van der Waals surface area contributed by atoms with Crippen LogP contribution < -0.4 is 16.4 Å². The van der Waals surface area contributed by atoms with Gasteiger partial charge in [-0.25, -0.2) is 8.42 Å². The quantitative estimate of drug-likeness (QED) is 0.579. The molecular weight excluding hydrogens is 406 g/mol. The molecule has 2 aromatic carbocycles. The monoisotopic (exact) mass is 429 g/mol. The number of primary amides is 1. The van der Waals surface area contributed by atoms with Crippen molar-refractivity contribution >= 4 is 33.2 Å². The topological polar surface area (TPSA) is 135 Å². The molecule has 0 bridgehead atoms. The molecule has 2 aromatic rings. The average Bonchev–Trinajstić information content (AvgIpc) is 3.19. The summed E-state index contributed by atoms with van der Waals surface area (Å²) in [5.74, 6) is -1.84. The minimum atomic E-state index is -3.55. The van der Waals surface area contributed by atoms with Gasteiger partial charge >= 0.3 is 0 Å². The van der Waals surface area contributed by atoms with E-state index in [4.69, 9.17) is 5.73 Å². The maximum atomic E-state index is 12.6. The predicted molar refractivity (Wildman–Crippen MR) is 112 cm³/mol. The molecule has 0 saturated heterocycles. The minimum absolute atomic E-state index is 0.180. The number of aryl methyl sites for hydroxylation is 2. The van der Waals surface area contributed by atoms with Gasteiger partial charge in [-0.1, -0.05) is 6.07 Å². The zero-order valence-corrected chi connectivity index (χ0v) is 17.1. The van der Waals surface area contributed by atoms with Crippen molar-refractivity contribution in [2.24, 2.45) is 5.73 Å². The Hall–Kier alpha value is -3.20. The van der Waals surface area contributed by atoms with Crippen molar-refractivity contribution in [2.45, 2.75) is 30.6 Å². The highest BCUT2D eigenvalue weighted by molar-refractivity contribution is 7.91. The number of nitrogens with two attached hydrogens (primary N) is 1. The summed E-state index contributed by atoms with van der Waals surface area (Å²) in [6.45, 7) is -0.268. The molecule has 0 saturated carbocycles. The Balaban J connectivity index is 1.54. The average molecular weight is 429 g/mol. The number of sulfone groups is 1. The van der Waals surface area contributed by atoms with Crippen molar-refractivity contribution in [2.75, 3.05) is 17.6 Å². The van der Waals surface area contributed by atoms with Gasteiger partial charge < -0.3 is 16.4 Å². The maximum absolute atomic E-state index is 12.6. The third-order valence-corrected chi connectivity index (χ3v) is 6.59. The SMILES string of the molecule is NC(=O)CNC(=O)c1ccc(NC(=O)CCS(=O)(=O)c2ccc3c(c2)CCC3)cc1. The standard InChI is InChI=1S/C21H23N3O5S/c22-19(25)13-23-21(27)15-4-7-17(8-5-15)24-20(26)10-11-30(28,29)18-9-6-14-2-1-3-16(14)12-18/h4-9,12H,1-3,10-11,13H2,(H2,22,25)(H,23,27)(H,24,26). The summed E-state index contributed by atoms with van der Waals surface area (Å²) >= 11 is 0. The highest BCUT2D eigenvalue weighted by Crippen LogP contribution is 2.25. The van der Waals surface area contributed by atoms with E-state index in [0.717, 1.165) is 24.8 Å². The van der Waals surface area contributed by atoms with E-state index in [9.17, 15) is 22.8 Å². The molecule has 9 heteroatoms. The predicted octanol–water partition coefficient (Wildman–Crippen LogP) is 1.19. The van der Waals surface area contributed by atoms with E-state index in [1.54, 1.807) is 12.1 Å². The van der Waals surface area contributed by atoms with Crippen molar-refractivity contribution in [3.63, 3.8) is 0 Å². The number of nitrogens with one attached hydrogen (secondary N) is 2. The number of carbonyl (C=O) groups excluding carboxylic acids is 3. The number of benzene rings is 2. The first kappa shape index (κ1) is 21.5. The molecule has 0 fully saturated rings. The van der Waals surface area contributed by atoms with Crippen molar-refractivity contribution in [1.29, 1.82) is 0 Å². The molecule has 0 atom stereocenters. The first-order chi connectivity index (χ1) is 14.2. The Labute approximate surface area is 174 Å². The van der Waals surface area contributed by atoms with Gasteiger partial charge in [-0.3, -0.25) is 14.4 Å². The molecule has 0 radical (unpaired) electrons. The van der Waals surface area contributed by atoms with Crippen LogP contribution in [0.1, 0.15) is 34.3 Å². The molecule has 1 aliphatic carbocycles. The number of amides is 3. The van der Waals surface area contributed by atoms with Crippen LogP contribution in [0.25, 0.3) is 0 Å². The normalized spacial score (nSPS) is 12.8. The van der Waals surface area contributed by atoms with Crippen LogP contribution in [0, 0.1) is 0 Å². The van der Waals surface area contributed by atoms with Crippen LogP contribution >= 0.6 is 0 Å². The van der Waals surface area contributed by atoms with Gasteiger partial charge in [-0.15, -0.1) is 0 Å². The zero-order valence-electron chi connectivity index (χ0n) is 16.3. The fourth-order valence-electron chi connectivity index (χ4n) is 3.28. The minimum Gasteiger partial charge on any atom is -0.368 e. The van der Waals surface area contributed by atoms with E-state index in [2.05, 4.69) is 10.6 Å². The van der Waals surface area contributed by atoms with Gasteiger partial charge in [0.15, 0.2) is 9.84 Å². The summed E-state index contributed by atoms with van der Waals surface area (Å²) in [7, 11) is -3.55. The number of rotatable bonds is 8. The van der Waals surface area contributed by atoms with Gasteiger partial charge in [-0.05, 0) is 66.8 Å². The molecule has 0 unspecified atom stereocenters. The Morgan fingerprint density at radius 3 is 2.37 bits per heavy atom. The lowest BCUT2D eigenvalue weighted by Crippen LogP contribution is -2.33. The number of fused-ring (bicyclic) bond motifs is 1. The van der Waals surface area contributed by atoms with E-state index in [0.29, 0.717) is 11.3 Å². The van der Waals surface area contributed by atoms with Crippen LogP contribution in [0.15, 0.2) is 47.4 Å². The third-order valence-electron chi connectivity index (χ3n) is 4.88. The van der Waals surface area contributed by atoms with Gasteiger partial charge in [0.2, 0.25) is 11.8 Å². The van der Waals surface area contributed by atoms with Crippen LogP contribution in [0.5, 0.6) is 0 Å². The second-order valence-electron chi connectivity index (χ2n) is 7.13. The zero-order chi connectivity index (χ0) is 21.7. The molecule has 8 nitrogen and oxygen atoms in total. The van der Waals surface area contributed by atoms with E-state index >= 15 is 0 Å². The highest BCUT2D eigenvalue weighted by atomic mass is 32.2. The fraction of sp³-hybridized carbons (Fsp3) is 0.286. The molecule has 0 aromatic heterocycles. The first-order valence-corrected chi connectivity index (χ1v) is 11.2. The summed E-state index contributed by atoms with van der Waals surface area (Å²) in [5, 5.41) is 4.97. The maximum Gasteiger partial charge on any atom is 0.251 e. The lowest BCUT2D eigenvalue weighted by atomic mass is 10.1. The number of hydrogen-bond donors (Lipinski definition) is 3. The van der Waals surface area contributed by atoms with Crippen LogP contribution in [0.2, 0.25) is 0 Å².